The van der Waals surface area contributed by atoms with Crippen LogP contribution in [0.25, 0.3) is 0 Å². The van der Waals surface area contributed by atoms with E-state index in [4.69, 9.17) is 4.74 Å². The van der Waals surface area contributed by atoms with Crippen molar-refractivity contribution >= 4 is 28.1 Å². The van der Waals surface area contributed by atoms with Gasteiger partial charge in [-0.25, -0.2) is 9.78 Å². The number of aromatic nitrogens is 1. The van der Waals surface area contributed by atoms with Crippen LogP contribution in [0.3, 0.4) is 0 Å². The van der Waals surface area contributed by atoms with E-state index in [1.165, 1.54) is 29.9 Å². The van der Waals surface area contributed by atoms with Crippen LogP contribution in [0.5, 0.6) is 0 Å². The summed E-state index contributed by atoms with van der Waals surface area (Å²) in [6.07, 6.45) is 3.56. The van der Waals surface area contributed by atoms with Crippen LogP contribution in [0.2, 0.25) is 0 Å². The van der Waals surface area contributed by atoms with Crippen LogP contribution in [-0.4, -0.2) is 23.3 Å². The van der Waals surface area contributed by atoms with Crippen molar-refractivity contribution in [2.24, 2.45) is 21.8 Å². The summed E-state index contributed by atoms with van der Waals surface area (Å²) < 4.78 is 5.05. The smallest absolute Gasteiger partial charge is 0.350 e. The highest BCUT2D eigenvalue weighted by Crippen LogP contribution is 2.63. The number of aryl methyl sites for hydroxylation is 1. The number of fused-ring (bicyclic) bond motifs is 2. The van der Waals surface area contributed by atoms with E-state index >= 15 is 0 Å². The first-order valence-electron chi connectivity index (χ1n) is 8.27. The number of anilines is 1. The van der Waals surface area contributed by atoms with Crippen LogP contribution < -0.4 is 5.43 Å². The fourth-order valence-corrected chi connectivity index (χ4v) is 4.85. The van der Waals surface area contributed by atoms with Crippen LogP contribution in [0.1, 0.15) is 62.3 Å². The van der Waals surface area contributed by atoms with Crippen molar-refractivity contribution in [3.8, 4) is 0 Å². The van der Waals surface area contributed by atoms with Crippen molar-refractivity contribution in [3.63, 3.8) is 0 Å². The number of hydrogen-bond donors (Lipinski definition) is 1. The molecule has 2 atom stereocenters. The van der Waals surface area contributed by atoms with Gasteiger partial charge in [0.1, 0.15) is 4.88 Å². The molecule has 2 bridgehead atoms. The molecule has 1 aromatic rings. The SMILES string of the molecule is CCOC(=O)c1sc(N/N=C2\CC3CCC2(C)C3(C)C)nc1C. The van der Waals surface area contributed by atoms with Crippen LogP contribution >= 0.6 is 11.3 Å². The molecule has 1 aromatic heterocycles. The first-order valence-corrected chi connectivity index (χ1v) is 9.09. The molecule has 0 saturated heterocycles. The number of ether oxygens (including phenoxy) is 1. The van der Waals surface area contributed by atoms with Crippen LogP contribution in [0, 0.1) is 23.7 Å². The highest BCUT2D eigenvalue weighted by molar-refractivity contribution is 7.17. The average molecular weight is 335 g/mol. The second-order valence-electron chi connectivity index (χ2n) is 7.32. The summed E-state index contributed by atoms with van der Waals surface area (Å²) in [5.74, 6) is 0.414. The summed E-state index contributed by atoms with van der Waals surface area (Å²) in [6, 6.07) is 0. The van der Waals surface area contributed by atoms with Gasteiger partial charge in [0.15, 0.2) is 0 Å². The Morgan fingerprint density at radius 3 is 2.78 bits per heavy atom. The number of carbonyl (C=O) groups excluding carboxylic acids is 1. The zero-order valence-corrected chi connectivity index (χ0v) is 15.3. The van der Waals surface area contributed by atoms with E-state index in [9.17, 15) is 4.79 Å². The number of esters is 1. The molecule has 2 aliphatic rings. The maximum absolute atomic E-state index is 11.9. The number of nitrogens with one attached hydrogen (secondary N) is 1. The summed E-state index contributed by atoms with van der Waals surface area (Å²) in [6.45, 7) is 11.0. The lowest BCUT2D eigenvalue weighted by Gasteiger charge is -2.34. The van der Waals surface area contributed by atoms with Crippen molar-refractivity contribution in [2.45, 2.75) is 53.9 Å². The van der Waals surface area contributed by atoms with Gasteiger partial charge >= 0.3 is 5.97 Å². The Balaban J connectivity index is 1.77. The van der Waals surface area contributed by atoms with Gasteiger partial charge in [0, 0.05) is 11.1 Å². The third-order valence-electron chi connectivity index (χ3n) is 6.06. The van der Waals surface area contributed by atoms with E-state index < -0.39 is 0 Å². The molecule has 0 radical (unpaired) electrons. The molecule has 0 amide bonds. The standard InChI is InChI=1S/C17H25N3O2S/c1-6-22-14(21)13-10(2)18-15(23-13)20-19-12-9-11-7-8-17(12,5)16(11,3)4/h11H,6-9H2,1-5H3,(H,18,20)/b19-12+. The van der Waals surface area contributed by atoms with Gasteiger partial charge in [-0.2, -0.15) is 5.10 Å². The number of nitrogens with zero attached hydrogens (tertiary/aromatic N) is 2. The zero-order valence-electron chi connectivity index (χ0n) is 14.5. The van der Waals surface area contributed by atoms with Gasteiger partial charge < -0.3 is 4.74 Å². The maximum Gasteiger partial charge on any atom is 0.350 e. The molecule has 0 aliphatic heterocycles. The number of thiazole rings is 1. The van der Waals surface area contributed by atoms with E-state index in [0.717, 1.165) is 12.3 Å². The molecule has 126 valence electrons. The van der Waals surface area contributed by atoms with Gasteiger partial charge in [-0.3, -0.25) is 5.43 Å². The molecule has 0 spiro atoms. The number of rotatable bonds is 4. The lowest BCUT2D eigenvalue weighted by Crippen LogP contribution is -2.32. The molecular weight excluding hydrogens is 310 g/mol. The van der Waals surface area contributed by atoms with E-state index in [0.29, 0.717) is 27.7 Å². The second-order valence-corrected chi connectivity index (χ2v) is 8.32. The Hall–Kier alpha value is -1.43. The maximum atomic E-state index is 11.9. The van der Waals surface area contributed by atoms with E-state index in [2.05, 4.69) is 36.3 Å². The Kier molecular flexibility index (Phi) is 3.99. The van der Waals surface area contributed by atoms with Crippen molar-refractivity contribution in [1.82, 2.24) is 4.98 Å². The highest BCUT2D eigenvalue weighted by atomic mass is 32.1. The quantitative estimate of drug-likeness (QED) is 0.660. The Morgan fingerprint density at radius 1 is 1.48 bits per heavy atom. The van der Waals surface area contributed by atoms with E-state index in [-0.39, 0.29) is 11.4 Å². The first kappa shape index (κ1) is 16.4. The van der Waals surface area contributed by atoms with E-state index in [1.807, 2.05) is 6.92 Å². The third-order valence-corrected chi connectivity index (χ3v) is 7.10. The Labute approximate surface area is 141 Å². The fourth-order valence-electron chi connectivity index (χ4n) is 4.04. The normalized spacial score (nSPS) is 30.0. The average Bonchev–Trinajstić information content (AvgIpc) is 3.02. The van der Waals surface area contributed by atoms with E-state index in [1.54, 1.807) is 6.92 Å². The summed E-state index contributed by atoms with van der Waals surface area (Å²) in [4.78, 5) is 16.8. The fraction of sp³-hybridized carbons (Fsp3) is 0.706. The van der Waals surface area contributed by atoms with Gasteiger partial charge in [0.2, 0.25) is 5.13 Å². The lowest BCUT2D eigenvalue weighted by atomic mass is 9.70. The molecule has 5 nitrogen and oxygen atoms in total. The predicted octanol–water partition coefficient (Wildman–Crippen LogP) is 4.24. The summed E-state index contributed by atoms with van der Waals surface area (Å²) in [5, 5.41) is 5.32. The predicted molar refractivity (Wildman–Crippen MR) is 93.1 cm³/mol. The van der Waals surface area contributed by atoms with Crippen LogP contribution in [0.4, 0.5) is 5.13 Å². The number of hydrazone groups is 1. The van der Waals surface area contributed by atoms with Crippen molar-refractivity contribution < 1.29 is 9.53 Å². The van der Waals surface area contributed by atoms with Gasteiger partial charge in [0.25, 0.3) is 0 Å². The Bertz CT molecular complexity index is 665. The molecule has 2 unspecified atom stereocenters. The second kappa shape index (κ2) is 5.58. The summed E-state index contributed by atoms with van der Waals surface area (Å²) in [5.41, 5.74) is 5.49. The number of carbonyl (C=O) groups is 1. The van der Waals surface area contributed by atoms with Crippen LogP contribution in [0.15, 0.2) is 5.10 Å². The van der Waals surface area contributed by atoms with Gasteiger partial charge in [-0.15, -0.1) is 0 Å². The minimum Gasteiger partial charge on any atom is -0.462 e. The first-order chi connectivity index (χ1) is 10.8. The van der Waals surface area contributed by atoms with Gasteiger partial charge in [-0.05, 0) is 44.4 Å². The van der Waals surface area contributed by atoms with Gasteiger partial charge in [-0.1, -0.05) is 32.1 Å². The molecule has 3 rings (SSSR count). The largest absolute Gasteiger partial charge is 0.462 e. The van der Waals surface area contributed by atoms with Crippen molar-refractivity contribution in [3.05, 3.63) is 10.6 Å². The minimum atomic E-state index is -0.309. The molecular formula is C17H25N3O2S. The van der Waals surface area contributed by atoms with Crippen LogP contribution in [-0.2, 0) is 4.74 Å². The van der Waals surface area contributed by atoms with Crippen molar-refractivity contribution in [2.75, 3.05) is 12.0 Å². The summed E-state index contributed by atoms with van der Waals surface area (Å²) >= 11 is 1.31. The molecule has 0 aromatic carbocycles. The monoisotopic (exact) mass is 335 g/mol. The Morgan fingerprint density at radius 2 is 2.22 bits per heavy atom. The number of hydrogen-bond acceptors (Lipinski definition) is 6. The molecule has 6 heteroatoms. The molecule has 2 saturated carbocycles. The minimum absolute atomic E-state index is 0.168. The lowest BCUT2D eigenvalue weighted by molar-refractivity contribution is 0.0531. The third kappa shape index (κ3) is 2.47. The van der Waals surface area contributed by atoms with Crippen molar-refractivity contribution in [1.29, 1.82) is 0 Å². The molecule has 2 aliphatic carbocycles. The summed E-state index contributed by atoms with van der Waals surface area (Å²) in [7, 11) is 0. The van der Waals surface area contributed by atoms with Gasteiger partial charge in [0.05, 0.1) is 12.3 Å². The zero-order chi connectivity index (χ0) is 16.8. The topological polar surface area (TPSA) is 63.6 Å². The molecule has 23 heavy (non-hydrogen) atoms. The molecule has 1 N–H and O–H groups in total. The molecule has 2 fully saturated rings. The highest BCUT2D eigenvalue weighted by Gasteiger charge is 2.59. The molecule has 1 heterocycles.